The Morgan fingerprint density at radius 1 is 1.16 bits per heavy atom. The third-order valence-electron chi connectivity index (χ3n) is 9.74. The van der Waals surface area contributed by atoms with E-state index in [-0.39, 0.29) is 30.7 Å². The first-order chi connectivity index (χ1) is 21.0. The first-order valence-corrected chi connectivity index (χ1v) is 16.3. The normalized spacial score (nSPS) is 26.4. The van der Waals surface area contributed by atoms with Crippen LogP contribution in [0.15, 0.2) is 35.2 Å². The molecule has 43 heavy (non-hydrogen) atoms. The first kappa shape index (κ1) is 30.5. The SMILES string of the molecule is CCN1CCN(C2CC(C(=O)NC[C@H](O)CN3CCc4cc(OCc5cnco5)ccc4C3)CC(NC3CCC3)N2)CC1. The molecule has 2 aromatic rings. The van der Waals surface area contributed by atoms with Crippen molar-refractivity contribution in [3.05, 3.63) is 47.7 Å². The highest BCUT2D eigenvalue weighted by Gasteiger charge is 2.37. The van der Waals surface area contributed by atoms with E-state index in [0.29, 0.717) is 25.0 Å². The summed E-state index contributed by atoms with van der Waals surface area (Å²) in [6, 6.07) is 6.75. The van der Waals surface area contributed by atoms with Gasteiger partial charge in [-0.3, -0.25) is 25.2 Å². The molecule has 1 aromatic heterocycles. The van der Waals surface area contributed by atoms with E-state index in [2.05, 4.69) is 54.7 Å². The zero-order valence-corrected chi connectivity index (χ0v) is 25.5. The maximum Gasteiger partial charge on any atom is 0.223 e. The lowest BCUT2D eigenvalue weighted by molar-refractivity contribution is -0.128. The Labute approximate surface area is 255 Å². The van der Waals surface area contributed by atoms with Gasteiger partial charge in [0.25, 0.3) is 0 Å². The van der Waals surface area contributed by atoms with Crippen molar-refractivity contribution in [2.75, 3.05) is 52.4 Å². The summed E-state index contributed by atoms with van der Waals surface area (Å²) in [5.74, 6) is 1.52. The summed E-state index contributed by atoms with van der Waals surface area (Å²) in [6.07, 6.45) is 9.03. The maximum absolute atomic E-state index is 13.4. The lowest BCUT2D eigenvalue weighted by Crippen LogP contribution is -2.64. The number of nitrogens with zero attached hydrogens (tertiary/aromatic N) is 4. The number of β-amino-alcohol motifs (C(OH)–C–C–N with tert-alkyl or cyclic N) is 1. The van der Waals surface area contributed by atoms with Gasteiger partial charge >= 0.3 is 0 Å². The standard InChI is InChI=1S/C32H49N7O4/c1-2-37-10-12-39(13-11-37)31-16-25(15-30(36-31)35-26-4-3-5-26)32(41)34-17-27(40)20-38-9-8-23-14-28(7-6-24(23)19-38)42-21-29-18-33-22-43-29/h6-7,14,18,22,25-27,30-31,35-36,40H,2-5,8-13,15-17,19-21H2,1H3,(H,34,41)/t25?,27-,30?,31?/m0/s1. The Kier molecular flexibility index (Phi) is 10.3. The number of nitrogens with one attached hydrogen (secondary N) is 3. The van der Waals surface area contributed by atoms with Crippen LogP contribution in [0, 0.1) is 5.92 Å². The monoisotopic (exact) mass is 595 g/mol. The zero-order valence-electron chi connectivity index (χ0n) is 25.5. The number of likely N-dealkylation sites (N-methyl/N-ethyl adjacent to an activating group) is 1. The summed E-state index contributed by atoms with van der Waals surface area (Å²) in [4.78, 5) is 24.6. The predicted octanol–water partition coefficient (Wildman–Crippen LogP) is 1.52. The van der Waals surface area contributed by atoms with Crippen LogP contribution in [0.3, 0.4) is 0 Å². The predicted molar refractivity (Wildman–Crippen MR) is 163 cm³/mol. The van der Waals surface area contributed by atoms with Crippen LogP contribution in [0.4, 0.5) is 0 Å². The average molecular weight is 596 g/mol. The fourth-order valence-corrected chi connectivity index (χ4v) is 6.88. The van der Waals surface area contributed by atoms with Crippen molar-refractivity contribution >= 4 is 5.91 Å². The molecule has 1 aliphatic carbocycles. The number of aliphatic hydroxyl groups is 1. The minimum Gasteiger partial charge on any atom is -0.486 e. The number of oxazole rings is 1. The molecule has 0 bridgehead atoms. The van der Waals surface area contributed by atoms with Gasteiger partial charge in [-0.05, 0) is 61.9 Å². The Bertz CT molecular complexity index is 1170. The Morgan fingerprint density at radius 3 is 2.77 bits per heavy atom. The number of benzene rings is 1. The lowest BCUT2D eigenvalue weighted by Gasteiger charge is -2.46. The number of fused-ring (bicyclic) bond motifs is 1. The van der Waals surface area contributed by atoms with Crippen molar-refractivity contribution in [3.63, 3.8) is 0 Å². The Balaban J connectivity index is 0.967. The highest BCUT2D eigenvalue weighted by atomic mass is 16.5. The number of ether oxygens (including phenoxy) is 1. The number of piperazine rings is 1. The van der Waals surface area contributed by atoms with Crippen molar-refractivity contribution in [1.29, 1.82) is 0 Å². The molecule has 236 valence electrons. The molecule has 3 fully saturated rings. The van der Waals surface area contributed by atoms with E-state index in [1.807, 2.05) is 6.07 Å². The van der Waals surface area contributed by atoms with E-state index in [1.54, 1.807) is 6.20 Å². The quantitative estimate of drug-likeness (QED) is 0.288. The fraction of sp³-hybridized carbons (Fsp3) is 0.688. The van der Waals surface area contributed by atoms with Crippen molar-refractivity contribution in [3.8, 4) is 5.75 Å². The van der Waals surface area contributed by atoms with E-state index >= 15 is 0 Å². The van der Waals surface area contributed by atoms with E-state index in [0.717, 1.165) is 70.8 Å². The molecule has 11 nitrogen and oxygen atoms in total. The number of carbonyl (C=O) groups is 1. The van der Waals surface area contributed by atoms with Crippen molar-refractivity contribution in [2.24, 2.45) is 5.92 Å². The van der Waals surface area contributed by atoms with Gasteiger partial charge in [0.2, 0.25) is 5.91 Å². The smallest absolute Gasteiger partial charge is 0.223 e. The zero-order chi connectivity index (χ0) is 29.6. The highest BCUT2D eigenvalue weighted by molar-refractivity contribution is 5.78. The van der Waals surface area contributed by atoms with Crippen LogP contribution in [0.1, 0.15) is 55.9 Å². The number of amides is 1. The molecule has 1 aromatic carbocycles. The van der Waals surface area contributed by atoms with Gasteiger partial charge in [0, 0.05) is 64.3 Å². The molecule has 4 atom stereocenters. The highest BCUT2D eigenvalue weighted by Crippen LogP contribution is 2.27. The van der Waals surface area contributed by atoms with Gasteiger partial charge in [0.05, 0.1) is 24.6 Å². The number of piperidine rings is 1. The minimum atomic E-state index is -0.612. The number of aromatic nitrogens is 1. The van der Waals surface area contributed by atoms with Crippen LogP contribution in [0.2, 0.25) is 0 Å². The molecule has 1 amide bonds. The first-order valence-electron chi connectivity index (χ1n) is 16.3. The van der Waals surface area contributed by atoms with Gasteiger partial charge in [-0.2, -0.15) is 0 Å². The molecule has 0 spiro atoms. The third-order valence-corrected chi connectivity index (χ3v) is 9.74. The minimum absolute atomic E-state index is 0.0671. The van der Waals surface area contributed by atoms with Gasteiger partial charge in [0.15, 0.2) is 12.2 Å². The molecule has 2 saturated heterocycles. The molecule has 3 aliphatic heterocycles. The number of rotatable bonds is 12. The Morgan fingerprint density at radius 2 is 2.02 bits per heavy atom. The second kappa shape index (κ2) is 14.5. The van der Waals surface area contributed by atoms with E-state index in [1.165, 1.54) is 36.8 Å². The number of carbonyl (C=O) groups excluding carboxylic acids is 1. The van der Waals surface area contributed by atoms with Crippen LogP contribution in [-0.2, 0) is 24.4 Å². The molecule has 3 unspecified atom stereocenters. The fourth-order valence-electron chi connectivity index (χ4n) is 6.88. The summed E-state index contributed by atoms with van der Waals surface area (Å²) >= 11 is 0. The van der Waals surface area contributed by atoms with Crippen molar-refractivity contribution in [1.82, 2.24) is 35.6 Å². The molecule has 4 heterocycles. The van der Waals surface area contributed by atoms with Gasteiger partial charge in [0.1, 0.15) is 12.4 Å². The molecular formula is C32H49N7O4. The molecule has 0 radical (unpaired) electrons. The molecule has 6 rings (SSSR count). The summed E-state index contributed by atoms with van der Waals surface area (Å²) in [6.45, 7) is 10.3. The third kappa shape index (κ3) is 8.14. The van der Waals surface area contributed by atoms with Gasteiger partial charge in [-0.25, -0.2) is 4.98 Å². The van der Waals surface area contributed by atoms with E-state index < -0.39 is 6.10 Å². The van der Waals surface area contributed by atoms with Crippen LogP contribution in [0.5, 0.6) is 5.75 Å². The van der Waals surface area contributed by atoms with Crippen LogP contribution >= 0.6 is 0 Å². The molecule has 4 aliphatic rings. The topological polar surface area (TPSA) is 118 Å². The maximum atomic E-state index is 13.4. The number of hydrogen-bond acceptors (Lipinski definition) is 10. The summed E-state index contributed by atoms with van der Waals surface area (Å²) in [5, 5.41) is 21.6. The Hall–Kier alpha value is -2.54. The summed E-state index contributed by atoms with van der Waals surface area (Å²) in [7, 11) is 0. The average Bonchev–Trinajstić information content (AvgIpc) is 3.54. The van der Waals surface area contributed by atoms with E-state index in [4.69, 9.17) is 9.15 Å². The van der Waals surface area contributed by atoms with Crippen molar-refractivity contribution < 1.29 is 19.1 Å². The molecule has 1 saturated carbocycles. The van der Waals surface area contributed by atoms with Crippen LogP contribution in [0.25, 0.3) is 0 Å². The van der Waals surface area contributed by atoms with Crippen LogP contribution in [-0.4, -0.2) is 108 Å². The second-order valence-electron chi connectivity index (χ2n) is 12.7. The van der Waals surface area contributed by atoms with Gasteiger partial charge < -0.3 is 24.5 Å². The summed E-state index contributed by atoms with van der Waals surface area (Å²) in [5.41, 5.74) is 2.52. The largest absolute Gasteiger partial charge is 0.486 e. The summed E-state index contributed by atoms with van der Waals surface area (Å²) < 4.78 is 11.1. The molecule has 4 N–H and O–H groups in total. The second-order valence-corrected chi connectivity index (χ2v) is 12.7. The number of hydrogen-bond donors (Lipinski definition) is 4. The van der Waals surface area contributed by atoms with Crippen molar-refractivity contribution in [2.45, 2.75) is 83.1 Å². The molecular weight excluding hydrogens is 546 g/mol. The van der Waals surface area contributed by atoms with Gasteiger partial charge in [-0.15, -0.1) is 0 Å². The van der Waals surface area contributed by atoms with E-state index in [9.17, 15) is 9.90 Å². The van der Waals surface area contributed by atoms with Crippen LogP contribution < -0.4 is 20.7 Å². The van der Waals surface area contributed by atoms with Gasteiger partial charge in [-0.1, -0.05) is 19.4 Å². The lowest BCUT2D eigenvalue weighted by atomic mass is 9.89. The number of aliphatic hydroxyl groups excluding tert-OH is 1. The molecule has 11 heteroatoms.